The Morgan fingerprint density at radius 2 is 1.79 bits per heavy atom. The third kappa shape index (κ3) is 5.17. The molecule has 102 valence electrons. The Morgan fingerprint density at radius 1 is 1.21 bits per heavy atom. The molecule has 1 aromatic carbocycles. The van der Waals surface area contributed by atoms with E-state index in [1.165, 1.54) is 6.92 Å². The SMILES string of the molecule is CC(=O)Nc1cccc(NC(=O)C(N)CC(N)=O)c1. The molecular formula is C12H16N4O3. The first-order chi connectivity index (χ1) is 8.88. The van der Waals surface area contributed by atoms with Crippen LogP contribution in [0.15, 0.2) is 24.3 Å². The van der Waals surface area contributed by atoms with Crippen molar-refractivity contribution in [2.75, 3.05) is 10.6 Å². The minimum atomic E-state index is -0.998. The number of benzene rings is 1. The summed E-state index contributed by atoms with van der Waals surface area (Å²) in [6.45, 7) is 1.38. The Kier molecular flexibility index (Phi) is 5.01. The molecule has 0 radical (unpaired) electrons. The summed E-state index contributed by atoms with van der Waals surface area (Å²) in [4.78, 5) is 33.2. The third-order valence-corrected chi connectivity index (χ3v) is 2.21. The van der Waals surface area contributed by atoms with E-state index in [1.54, 1.807) is 24.3 Å². The molecule has 1 atom stereocenters. The van der Waals surface area contributed by atoms with Gasteiger partial charge in [-0.25, -0.2) is 0 Å². The molecule has 7 heteroatoms. The van der Waals surface area contributed by atoms with Crippen LogP contribution in [0.1, 0.15) is 13.3 Å². The van der Waals surface area contributed by atoms with Crippen molar-refractivity contribution in [1.29, 1.82) is 0 Å². The molecular weight excluding hydrogens is 248 g/mol. The minimum Gasteiger partial charge on any atom is -0.370 e. The number of carbonyl (C=O) groups is 3. The van der Waals surface area contributed by atoms with Crippen molar-refractivity contribution in [3.63, 3.8) is 0 Å². The average Bonchev–Trinajstić information content (AvgIpc) is 2.27. The topological polar surface area (TPSA) is 127 Å². The summed E-state index contributed by atoms with van der Waals surface area (Å²) in [6.07, 6.45) is -0.225. The molecule has 1 rings (SSSR count). The van der Waals surface area contributed by atoms with Crippen LogP contribution in [0, 0.1) is 0 Å². The summed E-state index contributed by atoms with van der Waals surface area (Å²) in [5.74, 6) is -1.37. The molecule has 0 heterocycles. The quantitative estimate of drug-likeness (QED) is 0.586. The van der Waals surface area contributed by atoms with Gasteiger partial charge in [-0.3, -0.25) is 14.4 Å². The maximum atomic E-state index is 11.7. The van der Waals surface area contributed by atoms with Gasteiger partial charge >= 0.3 is 0 Å². The Balaban J connectivity index is 2.68. The van der Waals surface area contributed by atoms with Gasteiger partial charge in [0.1, 0.15) is 0 Å². The van der Waals surface area contributed by atoms with Crippen molar-refractivity contribution >= 4 is 29.1 Å². The second-order valence-electron chi connectivity index (χ2n) is 4.03. The molecule has 6 N–H and O–H groups in total. The molecule has 1 unspecified atom stereocenters. The van der Waals surface area contributed by atoms with Crippen LogP contribution in [0.5, 0.6) is 0 Å². The number of carbonyl (C=O) groups excluding carboxylic acids is 3. The Labute approximate surface area is 110 Å². The second kappa shape index (κ2) is 6.50. The van der Waals surface area contributed by atoms with Crippen LogP contribution in [0.4, 0.5) is 11.4 Å². The molecule has 0 saturated heterocycles. The largest absolute Gasteiger partial charge is 0.370 e. The second-order valence-corrected chi connectivity index (χ2v) is 4.03. The van der Waals surface area contributed by atoms with Crippen molar-refractivity contribution in [3.8, 4) is 0 Å². The average molecular weight is 264 g/mol. The van der Waals surface area contributed by atoms with Crippen LogP contribution in [-0.2, 0) is 14.4 Å². The summed E-state index contributed by atoms with van der Waals surface area (Å²) in [7, 11) is 0. The summed E-state index contributed by atoms with van der Waals surface area (Å²) >= 11 is 0. The van der Waals surface area contributed by atoms with Gasteiger partial charge in [0, 0.05) is 18.3 Å². The fraction of sp³-hybridized carbons (Fsp3) is 0.250. The molecule has 0 aliphatic heterocycles. The van der Waals surface area contributed by atoms with Crippen molar-refractivity contribution in [3.05, 3.63) is 24.3 Å². The Morgan fingerprint density at radius 3 is 2.32 bits per heavy atom. The monoisotopic (exact) mass is 264 g/mol. The molecule has 0 fully saturated rings. The van der Waals surface area contributed by atoms with Gasteiger partial charge in [-0.15, -0.1) is 0 Å². The van der Waals surface area contributed by atoms with Crippen LogP contribution in [-0.4, -0.2) is 23.8 Å². The fourth-order valence-corrected chi connectivity index (χ4v) is 1.42. The molecule has 0 bridgehead atoms. The summed E-state index contributed by atoms with van der Waals surface area (Å²) in [5.41, 5.74) is 11.5. The third-order valence-electron chi connectivity index (χ3n) is 2.21. The molecule has 1 aromatic rings. The van der Waals surface area contributed by atoms with Gasteiger partial charge in [-0.1, -0.05) is 6.07 Å². The highest BCUT2D eigenvalue weighted by Gasteiger charge is 2.16. The van der Waals surface area contributed by atoms with E-state index >= 15 is 0 Å². The van der Waals surface area contributed by atoms with E-state index in [1.807, 2.05) is 0 Å². The Hall–Kier alpha value is -2.41. The zero-order valence-corrected chi connectivity index (χ0v) is 10.5. The lowest BCUT2D eigenvalue weighted by atomic mass is 10.2. The minimum absolute atomic E-state index is 0.214. The van der Waals surface area contributed by atoms with Crippen LogP contribution in [0.3, 0.4) is 0 Å². The van der Waals surface area contributed by atoms with E-state index in [4.69, 9.17) is 11.5 Å². The van der Waals surface area contributed by atoms with Gasteiger partial charge < -0.3 is 22.1 Å². The number of nitrogens with one attached hydrogen (secondary N) is 2. The molecule has 3 amide bonds. The van der Waals surface area contributed by atoms with Gasteiger partial charge in [0.2, 0.25) is 17.7 Å². The van der Waals surface area contributed by atoms with Crippen LogP contribution < -0.4 is 22.1 Å². The zero-order chi connectivity index (χ0) is 14.4. The highest BCUT2D eigenvalue weighted by Crippen LogP contribution is 2.15. The number of anilines is 2. The van der Waals surface area contributed by atoms with Gasteiger partial charge in [0.25, 0.3) is 0 Å². The van der Waals surface area contributed by atoms with Gasteiger partial charge in [-0.05, 0) is 18.2 Å². The highest BCUT2D eigenvalue weighted by atomic mass is 16.2. The first kappa shape index (κ1) is 14.7. The van der Waals surface area contributed by atoms with Crippen molar-refractivity contribution < 1.29 is 14.4 Å². The summed E-state index contributed by atoms with van der Waals surface area (Å²) < 4.78 is 0. The van der Waals surface area contributed by atoms with Gasteiger partial charge in [-0.2, -0.15) is 0 Å². The zero-order valence-electron chi connectivity index (χ0n) is 10.5. The molecule has 0 aliphatic carbocycles. The number of amides is 3. The van der Waals surface area contributed by atoms with E-state index < -0.39 is 17.9 Å². The highest BCUT2D eigenvalue weighted by molar-refractivity contribution is 5.98. The van der Waals surface area contributed by atoms with Crippen LogP contribution in [0.25, 0.3) is 0 Å². The first-order valence-electron chi connectivity index (χ1n) is 5.61. The van der Waals surface area contributed by atoms with Gasteiger partial charge in [0.15, 0.2) is 0 Å². The predicted molar refractivity (Wildman–Crippen MR) is 71.2 cm³/mol. The normalized spacial score (nSPS) is 11.5. The molecule has 0 aliphatic rings. The van der Waals surface area contributed by atoms with Crippen molar-refractivity contribution in [2.45, 2.75) is 19.4 Å². The summed E-state index contributed by atoms with van der Waals surface area (Å²) in [6, 6.07) is 5.57. The van der Waals surface area contributed by atoms with Crippen molar-refractivity contribution in [1.82, 2.24) is 0 Å². The molecule has 7 nitrogen and oxygen atoms in total. The molecule has 19 heavy (non-hydrogen) atoms. The van der Waals surface area contributed by atoms with Crippen LogP contribution >= 0.6 is 0 Å². The lowest BCUT2D eigenvalue weighted by molar-refractivity contribution is -0.123. The van der Waals surface area contributed by atoms with Gasteiger partial charge in [0.05, 0.1) is 12.5 Å². The predicted octanol–water partition coefficient (Wildman–Crippen LogP) is -0.214. The van der Waals surface area contributed by atoms with E-state index in [-0.39, 0.29) is 12.3 Å². The maximum Gasteiger partial charge on any atom is 0.241 e. The lowest BCUT2D eigenvalue weighted by Crippen LogP contribution is -2.38. The van der Waals surface area contributed by atoms with E-state index in [2.05, 4.69) is 10.6 Å². The van der Waals surface area contributed by atoms with Crippen LogP contribution in [0.2, 0.25) is 0 Å². The number of nitrogens with two attached hydrogens (primary N) is 2. The molecule has 0 aromatic heterocycles. The smallest absolute Gasteiger partial charge is 0.241 e. The van der Waals surface area contributed by atoms with E-state index in [0.29, 0.717) is 11.4 Å². The van der Waals surface area contributed by atoms with E-state index in [9.17, 15) is 14.4 Å². The van der Waals surface area contributed by atoms with Crippen molar-refractivity contribution in [2.24, 2.45) is 11.5 Å². The molecule has 0 spiro atoms. The maximum absolute atomic E-state index is 11.7. The number of hydrogen-bond acceptors (Lipinski definition) is 4. The molecule has 0 saturated carbocycles. The number of rotatable bonds is 5. The number of hydrogen-bond donors (Lipinski definition) is 4. The first-order valence-corrected chi connectivity index (χ1v) is 5.61. The lowest BCUT2D eigenvalue weighted by Gasteiger charge is -2.11. The fourth-order valence-electron chi connectivity index (χ4n) is 1.42. The number of primary amides is 1. The Bertz CT molecular complexity index is 502. The standard InChI is InChI=1S/C12H16N4O3/c1-7(17)15-8-3-2-4-9(5-8)16-12(19)10(13)6-11(14)18/h2-5,10H,6,13H2,1H3,(H2,14,18)(H,15,17)(H,16,19). The van der Waals surface area contributed by atoms with E-state index in [0.717, 1.165) is 0 Å². The summed E-state index contributed by atoms with van der Waals surface area (Å²) in [5, 5.41) is 5.12.